The summed E-state index contributed by atoms with van der Waals surface area (Å²) in [6, 6.07) is 12.5. The van der Waals surface area contributed by atoms with Crippen LogP contribution in [0.1, 0.15) is 110 Å². The number of hydrogen-bond acceptors (Lipinski definition) is 12. The molecule has 1 saturated carbocycles. The Morgan fingerprint density at radius 3 is 2.18 bits per heavy atom. The van der Waals surface area contributed by atoms with Crippen molar-refractivity contribution in [3.05, 3.63) is 123 Å². The molecule has 7 N–H and O–H groups in total. The van der Waals surface area contributed by atoms with E-state index < -0.39 is 99.4 Å². The van der Waals surface area contributed by atoms with Crippen LogP contribution in [-0.4, -0.2) is 136 Å². The Balaban J connectivity index is 0.933. The van der Waals surface area contributed by atoms with E-state index in [0.29, 0.717) is 36.6 Å². The van der Waals surface area contributed by atoms with Crippen molar-refractivity contribution in [2.45, 2.75) is 122 Å². The lowest BCUT2D eigenvalue weighted by molar-refractivity contribution is -0.145. The van der Waals surface area contributed by atoms with Gasteiger partial charge in [-0.15, -0.1) is 11.3 Å². The van der Waals surface area contributed by atoms with Gasteiger partial charge in [0.25, 0.3) is 17.7 Å². The number of halogens is 5. The molecule has 3 aromatic carbocycles. The number of likely N-dealkylation sites (tertiary alicyclic amines) is 1. The Kier molecular flexibility index (Phi) is 18.1. The molecule has 0 radical (unpaired) electrons. The van der Waals surface area contributed by atoms with Crippen LogP contribution in [0.5, 0.6) is 0 Å². The molecule has 8 rings (SSSR count). The second-order valence-corrected chi connectivity index (χ2v) is 23.4. The summed E-state index contributed by atoms with van der Waals surface area (Å²) in [5, 5.41) is 24.4. The van der Waals surface area contributed by atoms with Crippen molar-refractivity contribution in [1.29, 1.82) is 0 Å². The molecule has 24 heteroatoms. The lowest BCUT2D eigenvalue weighted by Gasteiger charge is -2.44. The maximum atomic E-state index is 15.8. The number of aromatic nitrogens is 2. The first-order valence-corrected chi connectivity index (χ1v) is 27.9. The van der Waals surface area contributed by atoms with Crippen molar-refractivity contribution in [2.24, 2.45) is 5.41 Å². The third-order valence-electron chi connectivity index (χ3n) is 15.3. The zero-order valence-electron chi connectivity index (χ0n) is 46.4. The normalized spacial score (nSPS) is 19.7. The van der Waals surface area contributed by atoms with Crippen molar-refractivity contribution >= 4 is 58.2 Å². The third kappa shape index (κ3) is 14.0. The van der Waals surface area contributed by atoms with Crippen molar-refractivity contribution in [3.63, 3.8) is 0 Å². The summed E-state index contributed by atoms with van der Waals surface area (Å²) in [7, 11) is 1.97. The van der Waals surface area contributed by atoms with Crippen LogP contribution in [0, 0.1) is 18.2 Å². The summed E-state index contributed by atoms with van der Waals surface area (Å²) in [6.07, 6.45) is -5.54. The topological polar surface area (TPSA) is 238 Å². The molecular formula is C58H67F5N10O8S. The maximum Gasteiger partial charge on any atom is 0.417 e. The number of aromatic amines is 1. The fourth-order valence-corrected chi connectivity index (χ4v) is 11.0. The Bertz CT molecular complexity index is 3280. The van der Waals surface area contributed by atoms with Crippen molar-refractivity contribution in [2.75, 3.05) is 50.0 Å². The number of likely N-dealkylation sites (N-methyl/N-ethyl adjacent to an activating group) is 1. The van der Waals surface area contributed by atoms with E-state index in [1.54, 1.807) is 50.5 Å². The number of carbonyl (C=O) groups excluding carboxylic acids is 6. The molecule has 2 saturated heterocycles. The summed E-state index contributed by atoms with van der Waals surface area (Å²) in [6.45, 7) is 11.8. The SMILES string of the molecule is Cc1ncsc1-c1ccc(C(CC(=O)NCCCNC(=O)c2ccc(F)c(-c3ccc(N4C[C@@H](C)N(C)[C@@H](C)C4)c(NC(=O)c4c[nH]c(=O)cc4C(F)(F)F)c3)c2)NC(=O)[C@@H]2C[C@@H](O)CN2C(=O)C(NC(=O)C2(F)CC2)C(C)(C)C)cc1. The van der Waals surface area contributed by atoms with E-state index >= 15 is 4.39 Å². The molecule has 4 heterocycles. The number of aliphatic hydroxyl groups is 1. The lowest BCUT2D eigenvalue weighted by atomic mass is 9.85. The van der Waals surface area contributed by atoms with Gasteiger partial charge in [-0.25, -0.2) is 13.8 Å². The van der Waals surface area contributed by atoms with Gasteiger partial charge in [-0.2, -0.15) is 13.2 Å². The van der Waals surface area contributed by atoms with Crippen LogP contribution in [0.4, 0.5) is 33.3 Å². The molecule has 0 bridgehead atoms. The second kappa shape index (κ2) is 24.5. The zero-order chi connectivity index (χ0) is 59.6. The fourth-order valence-electron chi connectivity index (χ4n) is 10.2. The molecule has 6 atom stereocenters. The molecule has 2 aliphatic heterocycles. The Labute approximate surface area is 474 Å². The minimum absolute atomic E-state index is 0.0325. The Hall–Kier alpha value is -7.57. The summed E-state index contributed by atoms with van der Waals surface area (Å²) < 4.78 is 72.7. The average Bonchev–Trinajstić information content (AvgIpc) is 3.90. The van der Waals surface area contributed by atoms with E-state index in [1.165, 1.54) is 34.4 Å². The number of alkyl halides is 4. The maximum absolute atomic E-state index is 15.8. The number of carbonyl (C=O) groups is 6. The fraction of sp³-hybridized carbons (Fsp3) is 0.448. The molecule has 2 aromatic heterocycles. The van der Waals surface area contributed by atoms with Crippen LogP contribution < -0.4 is 37.0 Å². The molecule has 3 fully saturated rings. The van der Waals surface area contributed by atoms with Crippen molar-refractivity contribution in [3.8, 4) is 21.6 Å². The predicted molar refractivity (Wildman–Crippen MR) is 299 cm³/mol. The highest BCUT2D eigenvalue weighted by atomic mass is 32.1. The number of nitrogens with one attached hydrogen (secondary N) is 6. The first-order chi connectivity index (χ1) is 38.6. The van der Waals surface area contributed by atoms with Gasteiger partial charge in [-0.3, -0.25) is 38.5 Å². The summed E-state index contributed by atoms with van der Waals surface area (Å²) >= 11 is 1.45. The van der Waals surface area contributed by atoms with Crippen molar-refractivity contribution < 1.29 is 55.8 Å². The first-order valence-electron chi connectivity index (χ1n) is 27.0. The van der Waals surface area contributed by atoms with Gasteiger partial charge in [0.05, 0.1) is 57.1 Å². The van der Waals surface area contributed by atoms with Gasteiger partial charge in [0.15, 0.2) is 5.67 Å². The van der Waals surface area contributed by atoms with Gasteiger partial charge in [0, 0.05) is 74.6 Å². The molecule has 1 aliphatic carbocycles. The largest absolute Gasteiger partial charge is 0.417 e. The zero-order valence-corrected chi connectivity index (χ0v) is 47.2. The standard InChI is InChI=1S/C58H67F5N10O8S/c1-31-27-72(28-32(2)71(31)7)45-16-14-36(22-44(45)69-52(78)40-26-66-47(75)24-41(40)58(61,62)63)39-21-37(13-15-42(39)59)51(77)65-20-8-19-64-48(76)25-43(34-9-11-35(12-10-34)49-33(3)67-30-82-49)68-53(79)46-23-38(74)29-73(46)54(80)50(56(4,5)6)70-55(81)57(60)17-18-57/h9-16,21-22,24,26,30-32,38,43,46,50,74H,8,17-20,23,25,27-29H2,1-7H3,(H,64,76)(H,65,77)(H,66,75)(H,68,79)(H,69,78)(H,70,81)/t31-,32+,38-,43?,46+,50?/m1/s1. The molecule has 3 aliphatic rings. The molecule has 438 valence electrons. The summed E-state index contributed by atoms with van der Waals surface area (Å²) in [5.74, 6) is -5.22. The molecular weight excluding hydrogens is 1090 g/mol. The van der Waals surface area contributed by atoms with E-state index in [-0.39, 0.29) is 86.2 Å². The van der Waals surface area contributed by atoms with Gasteiger partial charge in [-0.1, -0.05) is 51.1 Å². The van der Waals surface area contributed by atoms with Gasteiger partial charge in [-0.05, 0) is 99.5 Å². The van der Waals surface area contributed by atoms with E-state index in [0.717, 1.165) is 22.2 Å². The monoisotopic (exact) mass is 1160 g/mol. The highest BCUT2D eigenvalue weighted by Crippen LogP contribution is 2.41. The summed E-state index contributed by atoms with van der Waals surface area (Å²) in [5.41, 5.74) is -1.64. The number of thiazole rings is 1. The van der Waals surface area contributed by atoms with E-state index in [1.807, 2.05) is 44.9 Å². The minimum Gasteiger partial charge on any atom is -0.391 e. The number of aryl methyl sites for hydroxylation is 1. The number of benzene rings is 3. The van der Waals surface area contributed by atoms with Crippen LogP contribution in [0.3, 0.4) is 0 Å². The molecule has 18 nitrogen and oxygen atoms in total. The van der Waals surface area contributed by atoms with Gasteiger partial charge in [0.2, 0.25) is 23.3 Å². The quantitative estimate of drug-likeness (QED) is 0.0352. The number of amides is 6. The van der Waals surface area contributed by atoms with E-state index in [9.17, 15) is 56.2 Å². The Morgan fingerprint density at radius 2 is 1.55 bits per heavy atom. The van der Waals surface area contributed by atoms with E-state index in [4.69, 9.17) is 0 Å². The van der Waals surface area contributed by atoms with Crippen LogP contribution in [0.2, 0.25) is 0 Å². The van der Waals surface area contributed by atoms with Crippen molar-refractivity contribution in [1.82, 2.24) is 41.0 Å². The number of piperazine rings is 1. The van der Waals surface area contributed by atoms with E-state index in [2.05, 4.69) is 41.5 Å². The molecule has 2 unspecified atom stereocenters. The summed E-state index contributed by atoms with van der Waals surface area (Å²) in [4.78, 5) is 107. The molecule has 5 aromatic rings. The molecule has 0 spiro atoms. The number of β-amino-alcohol motifs (C(OH)–C–C–N with tert-alkyl or cyclic N) is 1. The van der Waals surface area contributed by atoms with Crippen LogP contribution >= 0.6 is 11.3 Å². The second-order valence-electron chi connectivity index (χ2n) is 22.5. The number of aliphatic hydroxyl groups excluding tert-OH is 1. The third-order valence-corrected chi connectivity index (χ3v) is 16.3. The van der Waals surface area contributed by atoms with Gasteiger partial charge in [0.1, 0.15) is 17.9 Å². The number of anilines is 2. The number of nitrogens with zero attached hydrogens (tertiary/aromatic N) is 4. The number of hydrogen-bond donors (Lipinski definition) is 7. The predicted octanol–water partition coefficient (Wildman–Crippen LogP) is 6.89. The van der Waals surface area contributed by atoms with Gasteiger partial charge >= 0.3 is 6.18 Å². The highest BCUT2D eigenvalue weighted by Gasteiger charge is 2.53. The average molecular weight is 1160 g/mol. The van der Waals surface area contributed by atoms with Crippen LogP contribution in [-0.2, 0) is 25.4 Å². The highest BCUT2D eigenvalue weighted by molar-refractivity contribution is 7.13. The number of pyridine rings is 1. The lowest BCUT2D eigenvalue weighted by Crippen LogP contribution is -2.59. The Morgan fingerprint density at radius 1 is 0.878 bits per heavy atom. The first kappa shape index (κ1) is 60.5. The smallest absolute Gasteiger partial charge is 0.391 e. The number of H-pyrrole nitrogens is 1. The minimum atomic E-state index is -5.04. The van der Waals surface area contributed by atoms with Crippen LogP contribution in [0.15, 0.2) is 83.2 Å². The van der Waals surface area contributed by atoms with Gasteiger partial charge < -0.3 is 46.5 Å². The molecule has 82 heavy (non-hydrogen) atoms. The number of rotatable bonds is 18. The molecule has 6 amide bonds. The van der Waals surface area contributed by atoms with Crippen LogP contribution in [0.25, 0.3) is 21.6 Å².